The molecular weight excluding hydrogens is 320 g/mol. The number of fused-ring (bicyclic) bond motifs is 4. The number of nitrogens with zero attached hydrogens (tertiary/aromatic N) is 1. The highest BCUT2D eigenvalue weighted by Crippen LogP contribution is 2.68. The third-order valence-corrected chi connectivity index (χ3v) is 10.5. The number of hydrogen-bond acceptors (Lipinski definition) is 2. The van der Waals surface area contributed by atoms with Gasteiger partial charge in [-0.3, -0.25) is 4.79 Å². The molecule has 1 N–H and O–H groups in total. The van der Waals surface area contributed by atoms with Crippen LogP contribution in [-0.2, 0) is 4.79 Å². The minimum atomic E-state index is 0.493. The summed E-state index contributed by atoms with van der Waals surface area (Å²) in [6, 6.07) is 1.24. The molecule has 0 aromatic heterocycles. The Kier molecular flexibility index (Phi) is 4.02. The summed E-state index contributed by atoms with van der Waals surface area (Å²) in [5.74, 6) is 4.74. The molecule has 0 radical (unpaired) electrons. The minimum absolute atomic E-state index is 0.493. The lowest BCUT2D eigenvalue weighted by Crippen LogP contribution is -2.55. The van der Waals surface area contributed by atoms with E-state index in [-0.39, 0.29) is 0 Å². The largest absolute Gasteiger partial charge is 0.345 e. The maximum absolute atomic E-state index is 11.2. The quantitative estimate of drug-likeness (QED) is 0.755. The van der Waals surface area contributed by atoms with Crippen LogP contribution in [0.4, 0.5) is 0 Å². The predicted octanol–water partition coefficient (Wildman–Crippen LogP) is 4.07. The Morgan fingerprint density at radius 1 is 1.00 bits per heavy atom. The van der Waals surface area contributed by atoms with Crippen molar-refractivity contribution in [2.75, 3.05) is 13.6 Å². The van der Waals surface area contributed by atoms with Crippen LogP contribution in [0, 0.1) is 40.4 Å². The maximum Gasteiger partial charge on any atom is 0.209 e. The molecule has 5 aliphatic rings. The van der Waals surface area contributed by atoms with E-state index in [9.17, 15) is 4.79 Å². The van der Waals surface area contributed by atoms with Crippen molar-refractivity contribution < 1.29 is 4.79 Å². The zero-order chi connectivity index (χ0) is 18.1. The van der Waals surface area contributed by atoms with Crippen LogP contribution >= 0.6 is 0 Å². The van der Waals surface area contributed by atoms with E-state index in [2.05, 4.69) is 19.2 Å². The molecule has 3 nitrogen and oxygen atoms in total. The predicted molar refractivity (Wildman–Crippen MR) is 105 cm³/mol. The monoisotopic (exact) mass is 358 g/mol. The van der Waals surface area contributed by atoms with Gasteiger partial charge >= 0.3 is 0 Å². The van der Waals surface area contributed by atoms with Crippen LogP contribution in [0.2, 0.25) is 0 Å². The van der Waals surface area contributed by atoms with Gasteiger partial charge in [-0.05, 0) is 105 Å². The van der Waals surface area contributed by atoms with Gasteiger partial charge in [0.1, 0.15) is 0 Å². The van der Waals surface area contributed by atoms with E-state index < -0.39 is 0 Å². The molecule has 1 aliphatic heterocycles. The summed E-state index contributed by atoms with van der Waals surface area (Å²) >= 11 is 0. The second-order valence-corrected chi connectivity index (χ2v) is 11.0. The summed E-state index contributed by atoms with van der Waals surface area (Å²) in [5.41, 5.74) is 1.19. The molecule has 5 rings (SSSR count). The van der Waals surface area contributed by atoms with Gasteiger partial charge in [-0.15, -0.1) is 0 Å². The Hall–Kier alpha value is -0.570. The summed E-state index contributed by atoms with van der Waals surface area (Å²) in [6.45, 7) is 6.39. The third kappa shape index (κ3) is 2.19. The molecule has 9 atom stereocenters. The van der Waals surface area contributed by atoms with E-state index in [0.29, 0.717) is 16.9 Å². The first-order valence-corrected chi connectivity index (χ1v) is 11.4. The van der Waals surface area contributed by atoms with Crippen LogP contribution in [-0.4, -0.2) is 37.0 Å². The van der Waals surface area contributed by atoms with E-state index in [1.165, 1.54) is 64.3 Å². The highest BCUT2D eigenvalue weighted by atomic mass is 16.1. The van der Waals surface area contributed by atoms with E-state index >= 15 is 0 Å². The molecule has 5 fully saturated rings. The molecule has 1 heterocycles. The fourth-order valence-corrected chi connectivity index (χ4v) is 9.13. The minimum Gasteiger partial charge on any atom is -0.345 e. The first-order chi connectivity index (χ1) is 12.5. The van der Waals surface area contributed by atoms with Crippen LogP contribution in [0.15, 0.2) is 0 Å². The lowest BCUT2D eigenvalue weighted by Gasteiger charge is -2.61. The van der Waals surface area contributed by atoms with Gasteiger partial charge in [0.25, 0.3) is 0 Å². The molecule has 0 bridgehead atoms. The zero-order valence-electron chi connectivity index (χ0n) is 17.0. The summed E-state index contributed by atoms with van der Waals surface area (Å²) in [5, 5.41) is 3.86. The van der Waals surface area contributed by atoms with Crippen LogP contribution < -0.4 is 5.32 Å². The van der Waals surface area contributed by atoms with Gasteiger partial charge in [0.15, 0.2) is 0 Å². The molecule has 26 heavy (non-hydrogen) atoms. The van der Waals surface area contributed by atoms with Crippen LogP contribution in [0.25, 0.3) is 0 Å². The Labute approximate surface area is 159 Å². The molecule has 9 unspecified atom stereocenters. The molecule has 0 aromatic rings. The first kappa shape index (κ1) is 17.5. The van der Waals surface area contributed by atoms with Crippen molar-refractivity contribution in [2.45, 2.75) is 83.7 Å². The topological polar surface area (TPSA) is 32.3 Å². The summed E-state index contributed by atoms with van der Waals surface area (Å²) in [4.78, 5) is 13.2. The number of rotatable bonds is 2. The van der Waals surface area contributed by atoms with Crippen molar-refractivity contribution in [3.8, 4) is 0 Å². The second kappa shape index (κ2) is 5.96. The van der Waals surface area contributed by atoms with Crippen molar-refractivity contribution in [2.24, 2.45) is 40.4 Å². The molecule has 4 saturated carbocycles. The highest BCUT2D eigenvalue weighted by molar-refractivity contribution is 5.47. The number of carbonyl (C=O) groups excluding carboxylic acids is 1. The average Bonchev–Trinajstić information content (AvgIpc) is 3.18. The van der Waals surface area contributed by atoms with Gasteiger partial charge in [-0.2, -0.15) is 0 Å². The Morgan fingerprint density at radius 2 is 1.81 bits per heavy atom. The Morgan fingerprint density at radius 3 is 2.62 bits per heavy atom. The SMILES string of the molecule is CC1NCC23CCC4C(CCC5CC(N(C)C=O)CCC54C)C2CCC13. The van der Waals surface area contributed by atoms with Crippen molar-refractivity contribution in [1.82, 2.24) is 10.2 Å². The Bertz CT molecular complexity index is 579. The van der Waals surface area contributed by atoms with E-state index in [4.69, 9.17) is 0 Å². The number of amides is 1. The van der Waals surface area contributed by atoms with E-state index in [1.54, 1.807) is 0 Å². The second-order valence-electron chi connectivity index (χ2n) is 11.0. The molecule has 1 spiro atoms. The molecular formula is C23H38N2O. The lowest BCUT2D eigenvalue weighted by molar-refractivity contribution is -0.130. The van der Waals surface area contributed by atoms with Gasteiger partial charge in [0.2, 0.25) is 6.41 Å². The normalized spacial score (nSPS) is 55.4. The highest BCUT2D eigenvalue weighted by Gasteiger charge is 2.63. The molecule has 0 aromatic carbocycles. The molecule has 3 heteroatoms. The van der Waals surface area contributed by atoms with E-state index in [1.807, 2.05) is 11.9 Å². The molecule has 1 saturated heterocycles. The van der Waals surface area contributed by atoms with Gasteiger partial charge < -0.3 is 10.2 Å². The third-order valence-electron chi connectivity index (χ3n) is 10.5. The van der Waals surface area contributed by atoms with Gasteiger partial charge in [-0.25, -0.2) is 0 Å². The van der Waals surface area contributed by atoms with Crippen molar-refractivity contribution in [3.05, 3.63) is 0 Å². The number of hydrogen-bond donors (Lipinski definition) is 1. The average molecular weight is 359 g/mol. The van der Waals surface area contributed by atoms with Crippen LogP contribution in [0.5, 0.6) is 0 Å². The summed E-state index contributed by atoms with van der Waals surface area (Å²) in [7, 11) is 1.99. The van der Waals surface area contributed by atoms with Crippen LogP contribution in [0.3, 0.4) is 0 Å². The summed E-state index contributed by atoms with van der Waals surface area (Å²) < 4.78 is 0. The van der Waals surface area contributed by atoms with E-state index in [0.717, 1.165) is 42.0 Å². The van der Waals surface area contributed by atoms with Crippen molar-refractivity contribution in [3.63, 3.8) is 0 Å². The zero-order valence-corrected chi connectivity index (χ0v) is 17.0. The summed E-state index contributed by atoms with van der Waals surface area (Å²) in [6.07, 6.45) is 13.7. The van der Waals surface area contributed by atoms with Gasteiger partial charge in [0.05, 0.1) is 0 Å². The number of nitrogens with one attached hydrogen (secondary N) is 1. The van der Waals surface area contributed by atoms with Gasteiger partial charge in [-0.1, -0.05) is 6.92 Å². The maximum atomic E-state index is 11.2. The molecule has 1 amide bonds. The van der Waals surface area contributed by atoms with Crippen molar-refractivity contribution >= 4 is 6.41 Å². The van der Waals surface area contributed by atoms with Crippen molar-refractivity contribution in [1.29, 1.82) is 0 Å². The Balaban J connectivity index is 1.39. The number of carbonyl (C=O) groups is 1. The fourth-order valence-electron chi connectivity index (χ4n) is 9.13. The standard InChI is InChI=1S/C23H38N2O/c1-15-19-6-7-21-18-5-4-16-12-17(25(3)14-26)8-10-22(16,2)20(18)9-11-23(19,21)13-24-15/h14-21,24H,4-13H2,1-3H3. The van der Waals surface area contributed by atoms with Gasteiger partial charge in [0, 0.05) is 25.7 Å². The first-order valence-electron chi connectivity index (χ1n) is 11.4. The fraction of sp³-hybridized carbons (Fsp3) is 0.957. The molecule has 146 valence electrons. The lowest BCUT2D eigenvalue weighted by atomic mass is 9.44. The smallest absolute Gasteiger partial charge is 0.209 e. The molecule has 4 aliphatic carbocycles. The van der Waals surface area contributed by atoms with Crippen LogP contribution in [0.1, 0.15) is 71.6 Å².